The van der Waals surface area contributed by atoms with Gasteiger partial charge in [0, 0.05) is 38.1 Å². The maximum atomic E-state index is 12.5. The first kappa shape index (κ1) is 16.4. The average Bonchev–Trinajstić information content (AvgIpc) is 2.67. The second-order valence-electron chi connectivity index (χ2n) is 6.78. The van der Waals surface area contributed by atoms with Crippen LogP contribution in [0.1, 0.15) is 30.1 Å². The van der Waals surface area contributed by atoms with Crippen LogP contribution >= 0.6 is 0 Å². The Kier molecular flexibility index (Phi) is 4.85. The molecule has 1 saturated heterocycles. The van der Waals surface area contributed by atoms with E-state index in [1.165, 1.54) is 0 Å². The van der Waals surface area contributed by atoms with Crippen molar-refractivity contribution in [3.63, 3.8) is 0 Å². The number of hydrogen-bond donors (Lipinski definition) is 1. The van der Waals surface area contributed by atoms with Crippen molar-refractivity contribution in [1.29, 1.82) is 0 Å². The summed E-state index contributed by atoms with van der Waals surface area (Å²) in [5, 5.41) is 3.59. The SMILES string of the molecule is O=c1cc2n(cc1OCc1ccccc1)CCNC2C1CCOCC1. The largest absolute Gasteiger partial charge is 0.483 e. The number of nitrogens with one attached hydrogen (secondary N) is 1. The molecule has 132 valence electrons. The second kappa shape index (κ2) is 7.42. The smallest absolute Gasteiger partial charge is 0.223 e. The number of aromatic nitrogens is 1. The van der Waals surface area contributed by atoms with Crippen LogP contribution in [-0.4, -0.2) is 24.3 Å². The predicted octanol–water partition coefficient (Wildman–Crippen LogP) is 2.50. The van der Waals surface area contributed by atoms with Gasteiger partial charge in [0.1, 0.15) is 6.61 Å². The molecular formula is C20H24N2O3. The number of rotatable bonds is 4. The van der Waals surface area contributed by atoms with E-state index in [1.807, 2.05) is 36.5 Å². The molecule has 0 amide bonds. The van der Waals surface area contributed by atoms with Gasteiger partial charge in [-0.05, 0) is 24.3 Å². The molecule has 0 saturated carbocycles. The van der Waals surface area contributed by atoms with E-state index in [-0.39, 0.29) is 11.5 Å². The van der Waals surface area contributed by atoms with Crippen LogP contribution in [0.5, 0.6) is 5.75 Å². The first-order valence-corrected chi connectivity index (χ1v) is 9.03. The molecule has 1 N–H and O–H groups in total. The maximum absolute atomic E-state index is 12.5. The summed E-state index contributed by atoms with van der Waals surface area (Å²) < 4.78 is 13.5. The van der Waals surface area contributed by atoms with Gasteiger partial charge in [-0.15, -0.1) is 0 Å². The van der Waals surface area contributed by atoms with Crippen LogP contribution in [0.25, 0.3) is 0 Å². The fraction of sp³-hybridized carbons (Fsp3) is 0.450. The second-order valence-corrected chi connectivity index (χ2v) is 6.78. The van der Waals surface area contributed by atoms with Crippen molar-refractivity contribution in [2.75, 3.05) is 19.8 Å². The van der Waals surface area contributed by atoms with Crippen LogP contribution in [0.15, 0.2) is 47.4 Å². The zero-order chi connectivity index (χ0) is 17.1. The summed E-state index contributed by atoms with van der Waals surface area (Å²) in [5.74, 6) is 0.955. The standard InChI is InChI=1S/C20H24N2O3/c23-18-12-17-20(16-6-10-24-11-7-16)21-8-9-22(17)13-19(18)25-14-15-4-2-1-3-5-15/h1-5,12-13,16,20-21H,6-11,14H2. The highest BCUT2D eigenvalue weighted by Crippen LogP contribution is 2.31. The Morgan fingerprint density at radius 2 is 2.00 bits per heavy atom. The van der Waals surface area contributed by atoms with Crippen LogP contribution in [-0.2, 0) is 17.9 Å². The number of benzene rings is 1. The molecule has 3 heterocycles. The highest BCUT2D eigenvalue weighted by Gasteiger charge is 2.29. The molecule has 5 nitrogen and oxygen atoms in total. The molecule has 1 aromatic carbocycles. The summed E-state index contributed by atoms with van der Waals surface area (Å²) >= 11 is 0. The summed E-state index contributed by atoms with van der Waals surface area (Å²) in [6.45, 7) is 3.81. The Morgan fingerprint density at radius 1 is 1.20 bits per heavy atom. The highest BCUT2D eigenvalue weighted by atomic mass is 16.5. The van der Waals surface area contributed by atoms with Crippen molar-refractivity contribution >= 4 is 0 Å². The van der Waals surface area contributed by atoms with Gasteiger partial charge >= 0.3 is 0 Å². The normalized spacial score (nSPS) is 20.9. The number of pyridine rings is 1. The molecule has 0 aliphatic carbocycles. The molecule has 0 spiro atoms. The molecule has 4 rings (SSSR count). The van der Waals surface area contributed by atoms with Crippen molar-refractivity contribution in [3.05, 3.63) is 64.1 Å². The van der Waals surface area contributed by atoms with Crippen LogP contribution in [0.2, 0.25) is 0 Å². The molecule has 1 fully saturated rings. The fourth-order valence-electron chi connectivity index (χ4n) is 3.78. The molecule has 1 unspecified atom stereocenters. The van der Waals surface area contributed by atoms with Gasteiger partial charge in [0.25, 0.3) is 0 Å². The van der Waals surface area contributed by atoms with E-state index in [9.17, 15) is 4.79 Å². The van der Waals surface area contributed by atoms with Crippen molar-refractivity contribution < 1.29 is 9.47 Å². The quantitative estimate of drug-likeness (QED) is 0.929. The van der Waals surface area contributed by atoms with Crippen LogP contribution in [0, 0.1) is 5.92 Å². The van der Waals surface area contributed by atoms with Gasteiger partial charge in [0.15, 0.2) is 5.75 Å². The van der Waals surface area contributed by atoms with Gasteiger partial charge in [0.2, 0.25) is 5.43 Å². The van der Waals surface area contributed by atoms with Crippen molar-refractivity contribution in [2.45, 2.75) is 32.0 Å². The van der Waals surface area contributed by atoms with Gasteiger partial charge in [-0.1, -0.05) is 30.3 Å². The maximum Gasteiger partial charge on any atom is 0.223 e. The lowest BCUT2D eigenvalue weighted by Crippen LogP contribution is -2.40. The average molecular weight is 340 g/mol. The van der Waals surface area contributed by atoms with Crippen LogP contribution in [0.3, 0.4) is 0 Å². The third-order valence-corrected chi connectivity index (χ3v) is 5.14. The van der Waals surface area contributed by atoms with Gasteiger partial charge in [0.05, 0.1) is 12.2 Å². The van der Waals surface area contributed by atoms with E-state index >= 15 is 0 Å². The first-order chi connectivity index (χ1) is 12.3. The Morgan fingerprint density at radius 3 is 2.80 bits per heavy atom. The lowest BCUT2D eigenvalue weighted by Gasteiger charge is -2.36. The lowest BCUT2D eigenvalue weighted by molar-refractivity contribution is 0.0505. The third-order valence-electron chi connectivity index (χ3n) is 5.14. The minimum absolute atomic E-state index is 0.0389. The van der Waals surface area contributed by atoms with Crippen LogP contribution < -0.4 is 15.5 Å². The lowest BCUT2D eigenvalue weighted by atomic mass is 9.88. The third kappa shape index (κ3) is 3.62. The van der Waals surface area contributed by atoms with Crippen LogP contribution in [0.4, 0.5) is 0 Å². The number of hydrogen-bond acceptors (Lipinski definition) is 4. The Hall–Kier alpha value is -2.11. The molecular weight excluding hydrogens is 316 g/mol. The Labute approximate surface area is 147 Å². The van der Waals surface area contributed by atoms with Gasteiger partial charge in [-0.3, -0.25) is 4.79 Å². The van der Waals surface area contributed by atoms with E-state index in [1.54, 1.807) is 6.07 Å². The minimum atomic E-state index is -0.0389. The number of ether oxygens (including phenoxy) is 2. The molecule has 2 aromatic rings. The monoisotopic (exact) mass is 340 g/mol. The summed E-state index contributed by atoms with van der Waals surface area (Å²) in [6.07, 6.45) is 3.96. The number of nitrogens with zero attached hydrogens (tertiary/aromatic N) is 1. The summed E-state index contributed by atoms with van der Waals surface area (Å²) in [7, 11) is 0. The van der Waals surface area contributed by atoms with Crippen molar-refractivity contribution in [3.8, 4) is 5.75 Å². The Balaban J connectivity index is 1.55. The molecule has 0 bridgehead atoms. The predicted molar refractivity (Wildman–Crippen MR) is 95.8 cm³/mol. The van der Waals surface area contributed by atoms with Gasteiger partial charge in [-0.25, -0.2) is 0 Å². The van der Waals surface area contributed by atoms with E-state index in [0.29, 0.717) is 18.3 Å². The number of fused-ring (bicyclic) bond motifs is 1. The zero-order valence-electron chi connectivity index (χ0n) is 14.3. The minimum Gasteiger partial charge on any atom is -0.483 e. The van der Waals surface area contributed by atoms with Gasteiger partial charge in [-0.2, -0.15) is 0 Å². The molecule has 2 aliphatic heterocycles. The summed E-state index contributed by atoms with van der Waals surface area (Å²) in [6, 6.07) is 11.9. The van der Waals surface area contributed by atoms with Crippen molar-refractivity contribution in [2.24, 2.45) is 5.92 Å². The summed E-state index contributed by atoms with van der Waals surface area (Å²) in [5.41, 5.74) is 2.10. The molecule has 2 aliphatic rings. The van der Waals surface area contributed by atoms with E-state index in [4.69, 9.17) is 9.47 Å². The zero-order valence-corrected chi connectivity index (χ0v) is 14.3. The highest BCUT2D eigenvalue weighted by molar-refractivity contribution is 5.26. The van der Waals surface area contributed by atoms with Crippen molar-refractivity contribution in [1.82, 2.24) is 9.88 Å². The Bertz CT molecular complexity index is 766. The van der Waals surface area contributed by atoms with Gasteiger partial charge < -0.3 is 19.4 Å². The van der Waals surface area contributed by atoms with E-state index in [0.717, 1.165) is 50.4 Å². The fourth-order valence-corrected chi connectivity index (χ4v) is 3.78. The molecule has 0 radical (unpaired) electrons. The topological polar surface area (TPSA) is 52.5 Å². The molecule has 5 heteroatoms. The molecule has 1 atom stereocenters. The molecule has 25 heavy (non-hydrogen) atoms. The first-order valence-electron chi connectivity index (χ1n) is 9.03. The van der Waals surface area contributed by atoms with E-state index < -0.39 is 0 Å². The summed E-state index contributed by atoms with van der Waals surface area (Å²) in [4.78, 5) is 12.5. The van der Waals surface area contributed by atoms with E-state index in [2.05, 4.69) is 9.88 Å². The molecule has 1 aromatic heterocycles.